The van der Waals surface area contributed by atoms with Crippen LogP contribution in [0.15, 0.2) is 30.5 Å². The first kappa shape index (κ1) is 14.4. The van der Waals surface area contributed by atoms with Crippen molar-refractivity contribution in [2.45, 2.75) is 43.6 Å². The normalized spacial score (nSPS) is 23.4. The fourth-order valence-corrected chi connectivity index (χ4v) is 3.34. The minimum absolute atomic E-state index is 0.0328. The van der Waals surface area contributed by atoms with Crippen LogP contribution in [-0.4, -0.2) is 21.7 Å². The molecule has 2 aliphatic carbocycles. The third-order valence-electron chi connectivity index (χ3n) is 5.00. The highest BCUT2D eigenvalue weighted by Gasteiger charge is 2.40. The van der Waals surface area contributed by atoms with Crippen LogP contribution in [0.25, 0.3) is 0 Å². The summed E-state index contributed by atoms with van der Waals surface area (Å²) < 4.78 is 14.7. The van der Waals surface area contributed by atoms with Crippen LogP contribution in [0.2, 0.25) is 0 Å². The van der Waals surface area contributed by atoms with E-state index in [0.29, 0.717) is 17.4 Å². The van der Waals surface area contributed by atoms with Crippen molar-refractivity contribution < 1.29 is 9.18 Å². The number of aromatic nitrogens is 2. The number of nitrogens with one attached hydrogen (secondary N) is 1. The van der Waals surface area contributed by atoms with Gasteiger partial charge in [0.05, 0.1) is 11.3 Å². The summed E-state index contributed by atoms with van der Waals surface area (Å²) in [6, 6.07) is 6.69. The van der Waals surface area contributed by atoms with Crippen molar-refractivity contribution in [1.82, 2.24) is 15.1 Å². The van der Waals surface area contributed by atoms with Crippen LogP contribution in [0.1, 0.15) is 59.1 Å². The molecule has 23 heavy (non-hydrogen) atoms. The summed E-state index contributed by atoms with van der Waals surface area (Å²) in [4.78, 5) is 12.6. The summed E-state index contributed by atoms with van der Waals surface area (Å²) in [6.07, 6.45) is 6.20. The molecule has 0 saturated heterocycles. The maximum absolute atomic E-state index is 13.0. The molecule has 0 aliphatic heterocycles. The molecule has 0 unspecified atom stereocenters. The quantitative estimate of drug-likeness (QED) is 0.943. The van der Waals surface area contributed by atoms with E-state index in [2.05, 4.69) is 10.4 Å². The molecule has 2 fully saturated rings. The third kappa shape index (κ3) is 2.76. The molecule has 0 spiro atoms. The molecule has 120 valence electrons. The Morgan fingerprint density at radius 2 is 2.04 bits per heavy atom. The molecule has 4 rings (SSSR count). The number of nitrogens with zero attached hydrogens (tertiary/aromatic N) is 2. The van der Waals surface area contributed by atoms with E-state index < -0.39 is 0 Å². The maximum atomic E-state index is 13.0. The maximum Gasteiger partial charge on any atom is 0.255 e. The zero-order valence-corrected chi connectivity index (χ0v) is 13.1. The summed E-state index contributed by atoms with van der Waals surface area (Å²) in [5, 5.41) is 7.59. The van der Waals surface area contributed by atoms with Crippen LogP contribution >= 0.6 is 0 Å². The minimum atomic E-state index is -0.226. The van der Waals surface area contributed by atoms with Gasteiger partial charge in [0.2, 0.25) is 0 Å². The van der Waals surface area contributed by atoms with Gasteiger partial charge >= 0.3 is 0 Å². The van der Waals surface area contributed by atoms with Crippen LogP contribution in [-0.2, 0) is 7.05 Å². The lowest BCUT2D eigenvalue weighted by Crippen LogP contribution is -2.28. The van der Waals surface area contributed by atoms with Crippen molar-refractivity contribution >= 4 is 5.91 Å². The number of carbonyl (C=O) groups excluding carboxylic acids is 1. The number of aryl methyl sites for hydroxylation is 1. The minimum Gasteiger partial charge on any atom is -0.349 e. The average Bonchev–Trinajstić information content (AvgIpc) is 3.12. The number of hydrogen-bond donors (Lipinski definition) is 1. The lowest BCUT2D eigenvalue weighted by atomic mass is 9.81. The number of amides is 1. The first-order chi connectivity index (χ1) is 11.1. The van der Waals surface area contributed by atoms with Gasteiger partial charge in [-0.15, -0.1) is 0 Å². The Labute approximate surface area is 134 Å². The molecule has 1 aromatic carbocycles. The zero-order valence-electron chi connectivity index (χ0n) is 13.1. The summed E-state index contributed by atoms with van der Waals surface area (Å²) in [5.41, 5.74) is 2.74. The van der Waals surface area contributed by atoms with Gasteiger partial charge in [0.15, 0.2) is 0 Å². The van der Waals surface area contributed by atoms with Crippen molar-refractivity contribution in [3.63, 3.8) is 0 Å². The molecule has 1 heterocycles. The van der Waals surface area contributed by atoms with Gasteiger partial charge in [-0.1, -0.05) is 18.6 Å². The molecule has 1 amide bonds. The smallest absolute Gasteiger partial charge is 0.255 e. The second-order valence-electron chi connectivity index (χ2n) is 6.70. The van der Waals surface area contributed by atoms with Gasteiger partial charge in [0.25, 0.3) is 5.91 Å². The van der Waals surface area contributed by atoms with E-state index in [1.165, 1.54) is 18.6 Å². The Bertz CT molecular complexity index is 733. The number of carbonyl (C=O) groups is 1. The Kier molecular flexibility index (Phi) is 3.43. The van der Waals surface area contributed by atoms with Crippen molar-refractivity contribution in [3.05, 3.63) is 53.1 Å². The second kappa shape index (κ2) is 5.48. The van der Waals surface area contributed by atoms with E-state index in [1.54, 1.807) is 16.8 Å². The van der Waals surface area contributed by atoms with Crippen LogP contribution in [0.4, 0.5) is 4.39 Å². The fraction of sp³-hybridized carbons (Fsp3) is 0.444. The topological polar surface area (TPSA) is 46.9 Å². The van der Waals surface area contributed by atoms with Gasteiger partial charge < -0.3 is 5.32 Å². The average molecular weight is 313 g/mol. The monoisotopic (exact) mass is 313 g/mol. The predicted molar refractivity (Wildman–Crippen MR) is 84.8 cm³/mol. The number of halogens is 1. The summed E-state index contributed by atoms with van der Waals surface area (Å²) in [6.45, 7) is 0. The molecule has 2 aliphatic rings. The van der Waals surface area contributed by atoms with Gasteiger partial charge in [-0.25, -0.2) is 4.39 Å². The SMILES string of the molecule is Cn1cc(C(=O)N[C@@H]2C[C@H]2c2ccc(F)cc2)c(C2CCC2)n1. The van der Waals surface area contributed by atoms with Crippen LogP contribution in [0.5, 0.6) is 0 Å². The molecule has 2 saturated carbocycles. The Morgan fingerprint density at radius 3 is 2.70 bits per heavy atom. The van der Waals surface area contributed by atoms with Crippen molar-refractivity contribution in [3.8, 4) is 0 Å². The van der Waals surface area contributed by atoms with E-state index in [9.17, 15) is 9.18 Å². The predicted octanol–water partition coefficient (Wildman–Crippen LogP) is 3.11. The summed E-state index contributed by atoms with van der Waals surface area (Å²) in [7, 11) is 1.86. The molecule has 1 aromatic heterocycles. The van der Waals surface area contributed by atoms with Crippen LogP contribution in [0, 0.1) is 5.82 Å². The highest BCUT2D eigenvalue weighted by Crippen LogP contribution is 2.41. The molecule has 2 atom stereocenters. The number of rotatable bonds is 4. The molecular weight excluding hydrogens is 293 g/mol. The van der Waals surface area contributed by atoms with Crippen molar-refractivity contribution in [1.29, 1.82) is 0 Å². The Hall–Kier alpha value is -2.17. The largest absolute Gasteiger partial charge is 0.349 e. The van der Waals surface area contributed by atoms with Crippen molar-refractivity contribution in [2.75, 3.05) is 0 Å². The van der Waals surface area contributed by atoms with Crippen molar-refractivity contribution in [2.24, 2.45) is 7.05 Å². The molecule has 1 N–H and O–H groups in total. The standard InChI is InChI=1S/C18H20FN3O/c1-22-10-15(17(21-22)12-3-2-4-12)18(23)20-16-9-14(16)11-5-7-13(19)8-6-11/h5-8,10,12,14,16H,2-4,9H2,1H3,(H,20,23)/t14-,16+/m0/s1. The highest BCUT2D eigenvalue weighted by molar-refractivity contribution is 5.95. The van der Waals surface area contributed by atoms with E-state index in [1.807, 2.05) is 13.2 Å². The van der Waals surface area contributed by atoms with Gasteiger partial charge in [0, 0.05) is 31.1 Å². The molecule has 0 bridgehead atoms. The molecule has 0 radical (unpaired) electrons. The first-order valence-corrected chi connectivity index (χ1v) is 8.21. The van der Waals surface area contributed by atoms with E-state index in [-0.39, 0.29) is 17.8 Å². The fourth-order valence-electron chi connectivity index (χ4n) is 3.34. The summed E-state index contributed by atoms with van der Waals surface area (Å²) >= 11 is 0. The Morgan fingerprint density at radius 1 is 1.30 bits per heavy atom. The lowest BCUT2D eigenvalue weighted by molar-refractivity contribution is 0.0948. The van der Waals surface area contributed by atoms with Gasteiger partial charge in [0.1, 0.15) is 5.82 Å². The lowest BCUT2D eigenvalue weighted by Gasteiger charge is -2.24. The summed E-state index contributed by atoms with van der Waals surface area (Å²) in [5.74, 6) is 0.470. The molecule has 4 nitrogen and oxygen atoms in total. The van der Waals surface area contributed by atoms with E-state index in [4.69, 9.17) is 0 Å². The van der Waals surface area contributed by atoms with Gasteiger partial charge in [-0.05, 0) is 37.0 Å². The third-order valence-corrected chi connectivity index (χ3v) is 5.00. The van der Waals surface area contributed by atoms with Crippen LogP contribution in [0.3, 0.4) is 0 Å². The second-order valence-corrected chi connectivity index (χ2v) is 6.70. The van der Waals surface area contributed by atoms with Gasteiger partial charge in [-0.2, -0.15) is 5.10 Å². The molecule has 2 aromatic rings. The van der Waals surface area contributed by atoms with E-state index in [0.717, 1.165) is 30.5 Å². The number of hydrogen-bond acceptors (Lipinski definition) is 2. The number of benzene rings is 1. The highest BCUT2D eigenvalue weighted by atomic mass is 19.1. The Balaban J connectivity index is 1.44. The van der Waals surface area contributed by atoms with Gasteiger partial charge in [-0.3, -0.25) is 9.48 Å². The zero-order chi connectivity index (χ0) is 16.0. The van der Waals surface area contributed by atoms with E-state index >= 15 is 0 Å². The molecule has 5 heteroatoms. The first-order valence-electron chi connectivity index (χ1n) is 8.21. The van der Waals surface area contributed by atoms with Crippen LogP contribution < -0.4 is 5.32 Å². The molecular formula is C18H20FN3O.